The maximum atomic E-state index is 13.1. The first kappa shape index (κ1) is 14.8. The number of hydrogen-bond donors (Lipinski definition) is 2. The third kappa shape index (κ3) is 5.59. The number of hydrogen-bond acceptors (Lipinski definition) is 1. The first-order chi connectivity index (χ1) is 9.78. The Hall–Kier alpha value is -1.58. The molecular formula is C16H24FN3. The average molecular weight is 277 g/mol. The molecule has 2 N–H and O–H groups in total. The molecule has 1 aromatic rings. The van der Waals surface area contributed by atoms with Gasteiger partial charge in [-0.3, -0.25) is 0 Å². The van der Waals surface area contributed by atoms with Crippen LogP contribution in [0.25, 0.3) is 0 Å². The van der Waals surface area contributed by atoms with Crippen molar-refractivity contribution in [2.75, 3.05) is 13.1 Å². The molecule has 1 aliphatic carbocycles. The molecule has 0 radical (unpaired) electrons. The van der Waals surface area contributed by atoms with Gasteiger partial charge in [0, 0.05) is 13.1 Å². The van der Waals surface area contributed by atoms with Gasteiger partial charge in [-0.2, -0.15) is 0 Å². The van der Waals surface area contributed by atoms with Crippen LogP contribution in [0, 0.1) is 11.7 Å². The molecule has 4 heteroatoms. The molecule has 0 spiro atoms. The average Bonchev–Trinajstić information content (AvgIpc) is 3.25. The number of halogens is 1. The minimum absolute atomic E-state index is 0.208. The lowest BCUT2D eigenvalue weighted by Gasteiger charge is -2.11. The van der Waals surface area contributed by atoms with Gasteiger partial charge >= 0.3 is 0 Å². The molecule has 1 fully saturated rings. The molecule has 0 aliphatic heterocycles. The summed E-state index contributed by atoms with van der Waals surface area (Å²) in [5.74, 6) is 1.58. The molecule has 0 aromatic heterocycles. The molecule has 1 saturated carbocycles. The molecule has 0 bridgehead atoms. The highest BCUT2D eigenvalue weighted by Gasteiger charge is 2.19. The molecule has 0 saturated heterocycles. The molecule has 0 amide bonds. The largest absolute Gasteiger partial charge is 0.357 e. The Kier molecular flexibility index (Phi) is 5.84. The Morgan fingerprint density at radius 1 is 1.35 bits per heavy atom. The predicted octanol–water partition coefficient (Wildman–Crippen LogP) is 3.07. The number of aliphatic imine (C=N–C) groups is 1. The summed E-state index contributed by atoms with van der Waals surface area (Å²) in [6, 6.07) is 6.59. The van der Waals surface area contributed by atoms with Crippen LogP contribution in [0.4, 0.5) is 4.39 Å². The second-order valence-electron chi connectivity index (χ2n) is 5.34. The Bertz CT molecular complexity index is 441. The number of nitrogens with one attached hydrogen (secondary N) is 2. The van der Waals surface area contributed by atoms with Gasteiger partial charge < -0.3 is 10.6 Å². The Morgan fingerprint density at radius 3 is 2.90 bits per heavy atom. The van der Waals surface area contributed by atoms with Crippen molar-refractivity contribution in [2.45, 2.75) is 39.2 Å². The van der Waals surface area contributed by atoms with Crippen LogP contribution in [0.15, 0.2) is 29.3 Å². The van der Waals surface area contributed by atoms with E-state index in [1.165, 1.54) is 37.8 Å². The van der Waals surface area contributed by atoms with Gasteiger partial charge in [0.15, 0.2) is 5.96 Å². The van der Waals surface area contributed by atoms with Crippen LogP contribution < -0.4 is 10.6 Å². The zero-order valence-corrected chi connectivity index (χ0v) is 12.2. The monoisotopic (exact) mass is 277 g/mol. The van der Waals surface area contributed by atoms with E-state index in [1.54, 1.807) is 6.07 Å². The summed E-state index contributed by atoms with van der Waals surface area (Å²) in [6.07, 6.45) is 5.33. The van der Waals surface area contributed by atoms with Crippen molar-refractivity contribution < 1.29 is 4.39 Å². The van der Waals surface area contributed by atoms with Gasteiger partial charge in [-0.15, -0.1) is 0 Å². The number of benzene rings is 1. The van der Waals surface area contributed by atoms with Crippen LogP contribution in [-0.2, 0) is 6.54 Å². The molecule has 1 aliphatic rings. The van der Waals surface area contributed by atoms with Crippen molar-refractivity contribution in [1.82, 2.24) is 10.6 Å². The predicted molar refractivity (Wildman–Crippen MR) is 81.2 cm³/mol. The van der Waals surface area contributed by atoms with E-state index >= 15 is 0 Å². The highest BCUT2D eigenvalue weighted by molar-refractivity contribution is 5.79. The summed E-state index contributed by atoms with van der Waals surface area (Å²) in [5.41, 5.74) is 0.889. The molecule has 110 valence electrons. The number of guanidine groups is 1. The van der Waals surface area contributed by atoms with Gasteiger partial charge in [0.1, 0.15) is 5.82 Å². The van der Waals surface area contributed by atoms with Crippen molar-refractivity contribution in [1.29, 1.82) is 0 Å². The van der Waals surface area contributed by atoms with E-state index in [9.17, 15) is 4.39 Å². The molecule has 3 nitrogen and oxygen atoms in total. The normalized spacial score (nSPS) is 15.2. The summed E-state index contributed by atoms with van der Waals surface area (Å²) in [7, 11) is 0. The first-order valence-electron chi connectivity index (χ1n) is 7.54. The highest BCUT2D eigenvalue weighted by atomic mass is 19.1. The lowest BCUT2D eigenvalue weighted by Crippen LogP contribution is -2.37. The first-order valence-corrected chi connectivity index (χ1v) is 7.54. The fourth-order valence-corrected chi connectivity index (χ4v) is 2.15. The molecule has 20 heavy (non-hydrogen) atoms. The Labute approximate surface area is 120 Å². The topological polar surface area (TPSA) is 36.4 Å². The van der Waals surface area contributed by atoms with Crippen LogP contribution in [0.3, 0.4) is 0 Å². The van der Waals surface area contributed by atoms with E-state index in [0.29, 0.717) is 6.54 Å². The maximum absolute atomic E-state index is 13.1. The van der Waals surface area contributed by atoms with E-state index in [0.717, 1.165) is 30.5 Å². The second kappa shape index (κ2) is 7.88. The van der Waals surface area contributed by atoms with Crippen molar-refractivity contribution in [2.24, 2.45) is 10.9 Å². The molecule has 1 aromatic carbocycles. The van der Waals surface area contributed by atoms with Crippen LogP contribution in [-0.4, -0.2) is 19.0 Å². The smallest absolute Gasteiger partial charge is 0.191 e. The number of rotatable bonds is 7. The Balaban J connectivity index is 1.77. The quantitative estimate of drug-likeness (QED) is 0.456. The molecule has 0 unspecified atom stereocenters. The molecule has 2 rings (SSSR count). The Morgan fingerprint density at radius 2 is 2.20 bits per heavy atom. The fourth-order valence-electron chi connectivity index (χ4n) is 2.15. The van der Waals surface area contributed by atoms with Crippen molar-refractivity contribution in [3.8, 4) is 0 Å². The zero-order chi connectivity index (χ0) is 14.2. The van der Waals surface area contributed by atoms with Gasteiger partial charge in [0.2, 0.25) is 0 Å². The highest BCUT2D eigenvalue weighted by Crippen LogP contribution is 2.33. The second-order valence-corrected chi connectivity index (χ2v) is 5.34. The summed E-state index contributed by atoms with van der Waals surface area (Å²) in [5, 5.41) is 6.55. The third-order valence-corrected chi connectivity index (χ3v) is 3.43. The lowest BCUT2D eigenvalue weighted by atomic mass is 10.2. The molecule has 0 atom stereocenters. The number of nitrogens with zero attached hydrogens (tertiary/aromatic N) is 1. The standard InChI is InChI=1S/C16H24FN3/c1-2-18-16(19-10-4-6-13-8-9-13)20-12-14-5-3-7-15(17)11-14/h3,5,7,11,13H,2,4,6,8-10,12H2,1H3,(H2,18,19,20). The van der Waals surface area contributed by atoms with E-state index in [1.807, 2.05) is 13.0 Å². The van der Waals surface area contributed by atoms with Gasteiger partial charge in [0.25, 0.3) is 0 Å². The van der Waals surface area contributed by atoms with Crippen molar-refractivity contribution >= 4 is 5.96 Å². The van der Waals surface area contributed by atoms with E-state index in [4.69, 9.17) is 0 Å². The van der Waals surface area contributed by atoms with E-state index in [2.05, 4.69) is 15.6 Å². The fraction of sp³-hybridized carbons (Fsp3) is 0.562. The SMILES string of the molecule is CCNC(=NCc1cccc(F)c1)NCCCC1CC1. The van der Waals surface area contributed by atoms with Crippen LogP contribution in [0.2, 0.25) is 0 Å². The van der Waals surface area contributed by atoms with Gasteiger partial charge in [0.05, 0.1) is 6.54 Å². The summed E-state index contributed by atoms with van der Waals surface area (Å²) in [6.45, 7) is 4.32. The van der Waals surface area contributed by atoms with Crippen LogP contribution >= 0.6 is 0 Å². The summed E-state index contributed by atoms with van der Waals surface area (Å²) < 4.78 is 13.1. The minimum Gasteiger partial charge on any atom is -0.357 e. The van der Waals surface area contributed by atoms with Crippen LogP contribution in [0.5, 0.6) is 0 Å². The maximum Gasteiger partial charge on any atom is 0.191 e. The van der Waals surface area contributed by atoms with Crippen molar-refractivity contribution in [3.05, 3.63) is 35.6 Å². The summed E-state index contributed by atoms with van der Waals surface area (Å²) >= 11 is 0. The molecule has 0 heterocycles. The zero-order valence-electron chi connectivity index (χ0n) is 12.2. The lowest BCUT2D eigenvalue weighted by molar-refractivity contribution is 0.625. The molecular weight excluding hydrogens is 253 g/mol. The van der Waals surface area contributed by atoms with Gasteiger partial charge in [-0.1, -0.05) is 25.0 Å². The van der Waals surface area contributed by atoms with Gasteiger partial charge in [-0.05, 0) is 43.4 Å². The minimum atomic E-state index is -0.208. The van der Waals surface area contributed by atoms with Crippen molar-refractivity contribution in [3.63, 3.8) is 0 Å². The summed E-state index contributed by atoms with van der Waals surface area (Å²) in [4.78, 5) is 4.48. The van der Waals surface area contributed by atoms with Crippen LogP contribution in [0.1, 0.15) is 38.2 Å². The van der Waals surface area contributed by atoms with E-state index in [-0.39, 0.29) is 5.82 Å². The third-order valence-electron chi connectivity index (χ3n) is 3.43. The van der Waals surface area contributed by atoms with E-state index < -0.39 is 0 Å². The van der Waals surface area contributed by atoms with Gasteiger partial charge in [-0.25, -0.2) is 9.38 Å².